The SMILES string of the molecule is CCCN1CCN(S(=O)(=O)c2ccc(F)c(CN)c2)CC1. The molecule has 0 spiro atoms. The van der Waals surface area contributed by atoms with Gasteiger partial charge in [0.2, 0.25) is 10.0 Å². The molecule has 1 aromatic carbocycles. The van der Waals surface area contributed by atoms with E-state index in [2.05, 4.69) is 11.8 Å². The number of hydrogen-bond donors (Lipinski definition) is 1. The molecule has 2 rings (SSSR count). The van der Waals surface area contributed by atoms with Crippen molar-refractivity contribution >= 4 is 10.0 Å². The van der Waals surface area contributed by atoms with Crippen molar-refractivity contribution in [3.05, 3.63) is 29.6 Å². The zero-order valence-electron chi connectivity index (χ0n) is 12.3. The summed E-state index contributed by atoms with van der Waals surface area (Å²) in [6, 6.07) is 3.81. The molecule has 1 saturated heterocycles. The molecule has 1 aromatic rings. The van der Waals surface area contributed by atoms with E-state index in [9.17, 15) is 12.8 Å². The fraction of sp³-hybridized carbons (Fsp3) is 0.571. The number of rotatable bonds is 5. The van der Waals surface area contributed by atoms with Gasteiger partial charge in [-0.25, -0.2) is 12.8 Å². The Hall–Kier alpha value is -1.02. The molecule has 1 fully saturated rings. The van der Waals surface area contributed by atoms with E-state index >= 15 is 0 Å². The summed E-state index contributed by atoms with van der Waals surface area (Å²) < 4.78 is 40.1. The summed E-state index contributed by atoms with van der Waals surface area (Å²) in [5, 5.41) is 0. The number of benzene rings is 1. The summed E-state index contributed by atoms with van der Waals surface area (Å²) in [6.45, 7) is 5.49. The van der Waals surface area contributed by atoms with Crippen molar-refractivity contribution in [2.75, 3.05) is 32.7 Å². The van der Waals surface area contributed by atoms with E-state index in [0.717, 1.165) is 26.1 Å². The fourth-order valence-electron chi connectivity index (χ4n) is 2.53. The Labute approximate surface area is 125 Å². The Kier molecular flexibility index (Phi) is 5.32. The van der Waals surface area contributed by atoms with Gasteiger partial charge in [0.05, 0.1) is 4.90 Å². The molecule has 1 heterocycles. The molecular weight excluding hydrogens is 293 g/mol. The van der Waals surface area contributed by atoms with Gasteiger partial charge < -0.3 is 10.6 Å². The highest BCUT2D eigenvalue weighted by molar-refractivity contribution is 7.89. The van der Waals surface area contributed by atoms with Crippen LogP contribution in [-0.2, 0) is 16.6 Å². The van der Waals surface area contributed by atoms with Gasteiger partial charge in [0.15, 0.2) is 0 Å². The summed E-state index contributed by atoms with van der Waals surface area (Å²) in [6.07, 6.45) is 1.06. The number of sulfonamides is 1. The van der Waals surface area contributed by atoms with Crippen LogP contribution in [0.1, 0.15) is 18.9 Å². The molecule has 1 aliphatic rings. The van der Waals surface area contributed by atoms with Crippen LogP contribution in [0.25, 0.3) is 0 Å². The zero-order chi connectivity index (χ0) is 15.5. The van der Waals surface area contributed by atoms with E-state index in [4.69, 9.17) is 5.73 Å². The largest absolute Gasteiger partial charge is 0.326 e. The molecule has 5 nitrogen and oxygen atoms in total. The lowest BCUT2D eigenvalue weighted by molar-refractivity contribution is 0.188. The van der Waals surface area contributed by atoms with E-state index in [1.54, 1.807) is 0 Å². The van der Waals surface area contributed by atoms with E-state index in [1.807, 2.05) is 0 Å². The Bertz CT molecular complexity index is 584. The first-order chi connectivity index (χ1) is 9.98. The van der Waals surface area contributed by atoms with Crippen molar-refractivity contribution in [3.63, 3.8) is 0 Å². The quantitative estimate of drug-likeness (QED) is 0.880. The van der Waals surface area contributed by atoms with Gasteiger partial charge in [0.25, 0.3) is 0 Å². The van der Waals surface area contributed by atoms with Crippen molar-refractivity contribution in [1.29, 1.82) is 0 Å². The smallest absolute Gasteiger partial charge is 0.243 e. The van der Waals surface area contributed by atoms with E-state index in [-0.39, 0.29) is 17.0 Å². The van der Waals surface area contributed by atoms with Crippen molar-refractivity contribution in [3.8, 4) is 0 Å². The molecule has 0 aromatic heterocycles. The van der Waals surface area contributed by atoms with Crippen LogP contribution < -0.4 is 5.73 Å². The van der Waals surface area contributed by atoms with E-state index in [0.29, 0.717) is 13.1 Å². The molecule has 118 valence electrons. The van der Waals surface area contributed by atoms with Gasteiger partial charge in [0.1, 0.15) is 5.82 Å². The molecule has 0 atom stereocenters. The highest BCUT2D eigenvalue weighted by Crippen LogP contribution is 2.20. The van der Waals surface area contributed by atoms with E-state index in [1.165, 1.54) is 22.5 Å². The molecule has 0 amide bonds. The van der Waals surface area contributed by atoms with Crippen molar-refractivity contribution in [2.45, 2.75) is 24.8 Å². The minimum atomic E-state index is -3.57. The average Bonchev–Trinajstić information content (AvgIpc) is 2.48. The predicted octanol–water partition coefficient (Wildman–Crippen LogP) is 1.00. The summed E-state index contributed by atoms with van der Waals surface area (Å²) in [4.78, 5) is 2.37. The first kappa shape index (κ1) is 16.4. The van der Waals surface area contributed by atoms with Gasteiger partial charge in [-0.2, -0.15) is 4.31 Å². The average molecular weight is 315 g/mol. The first-order valence-corrected chi connectivity index (χ1v) is 8.64. The van der Waals surface area contributed by atoms with Gasteiger partial charge in [0, 0.05) is 38.3 Å². The van der Waals surface area contributed by atoms with Crippen molar-refractivity contribution in [2.24, 2.45) is 5.73 Å². The fourth-order valence-corrected chi connectivity index (χ4v) is 4.00. The van der Waals surface area contributed by atoms with Gasteiger partial charge in [-0.15, -0.1) is 0 Å². The number of nitrogens with two attached hydrogens (primary N) is 1. The van der Waals surface area contributed by atoms with E-state index < -0.39 is 15.8 Å². The van der Waals surface area contributed by atoms with Crippen molar-refractivity contribution in [1.82, 2.24) is 9.21 Å². The Balaban J connectivity index is 2.15. The normalized spacial score (nSPS) is 18.0. The standard InChI is InChI=1S/C14H22FN3O2S/c1-2-5-17-6-8-18(9-7-17)21(19,20)13-3-4-14(15)12(10-13)11-16/h3-4,10H,2,5-9,11,16H2,1H3. The Morgan fingerprint density at radius 3 is 2.48 bits per heavy atom. The van der Waals surface area contributed by atoms with Gasteiger partial charge >= 0.3 is 0 Å². The van der Waals surface area contributed by atoms with Crippen LogP contribution in [0.15, 0.2) is 23.1 Å². The second-order valence-electron chi connectivity index (χ2n) is 5.20. The maximum Gasteiger partial charge on any atom is 0.243 e. The van der Waals surface area contributed by atoms with Crippen LogP contribution in [0.3, 0.4) is 0 Å². The third-order valence-corrected chi connectivity index (χ3v) is 5.64. The number of nitrogens with zero attached hydrogens (tertiary/aromatic N) is 2. The molecule has 0 saturated carbocycles. The van der Waals surface area contributed by atoms with Crippen LogP contribution >= 0.6 is 0 Å². The summed E-state index contributed by atoms with van der Waals surface area (Å²) in [5.74, 6) is -0.468. The summed E-state index contributed by atoms with van der Waals surface area (Å²) in [5.41, 5.74) is 5.66. The number of hydrogen-bond acceptors (Lipinski definition) is 4. The molecule has 0 aliphatic carbocycles. The van der Waals surface area contributed by atoms with Crippen LogP contribution in [0.2, 0.25) is 0 Å². The highest BCUT2D eigenvalue weighted by Gasteiger charge is 2.28. The second-order valence-corrected chi connectivity index (χ2v) is 7.14. The lowest BCUT2D eigenvalue weighted by Crippen LogP contribution is -2.48. The monoisotopic (exact) mass is 315 g/mol. The number of piperazine rings is 1. The molecule has 1 aliphatic heterocycles. The molecular formula is C14H22FN3O2S. The van der Waals surface area contributed by atoms with Gasteiger partial charge in [-0.05, 0) is 31.2 Å². The van der Waals surface area contributed by atoms with Gasteiger partial charge in [-0.1, -0.05) is 6.92 Å². The lowest BCUT2D eigenvalue weighted by Gasteiger charge is -2.33. The molecule has 21 heavy (non-hydrogen) atoms. The Morgan fingerprint density at radius 2 is 1.90 bits per heavy atom. The minimum Gasteiger partial charge on any atom is -0.326 e. The number of halogens is 1. The summed E-state index contributed by atoms with van der Waals surface area (Å²) >= 11 is 0. The van der Waals surface area contributed by atoms with Crippen LogP contribution in [0, 0.1) is 5.82 Å². The highest BCUT2D eigenvalue weighted by atomic mass is 32.2. The zero-order valence-corrected chi connectivity index (χ0v) is 13.1. The first-order valence-electron chi connectivity index (χ1n) is 7.20. The van der Waals surface area contributed by atoms with Crippen LogP contribution in [-0.4, -0.2) is 50.3 Å². The maximum absolute atomic E-state index is 13.4. The maximum atomic E-state index is 13.4. The third-order valence-electron chi connectivity index (χ3n) is 3.75. The Morgan fingerprint density at radius 1 is 1.24 bits per heavy atom. The topological polar surface area (TPSA) is 66.6 Å². The second kappa shape index (κ2) is 6.83. The van der Waals surface area contributed by atoms with Crippen molar-refractivity contribution < 1.29 is 12.8 Å². The third kappa shape index (κ3) is 3.60. The molecule has 0 bridgehead atoms. The van der Waals surface area contributed by atoms with Crippen LogP contribution in [0.4, 0.5) is 4.39 Å². The van der Waals surface area contributed by atoms with Gasteiger partial charge in [-0.3, -0.25) is 0 Å². The molecule has 7 heteroatoms. The summed E-state index contributed by atoms with van der Waals surface area (Å²) in [7, 11) is -3.57. The predicted molar refractivity (Wildman–Crippen MR) is 79.8 cm³/mol. The molecule has 0 unspecified atom stereocenters. The lowest BCUT2D eigenvalue weighted by atomic mass is 10.2. The minimum absolute atomic E-state index is 0.0144. The molecule has 0 radical (unpaired) electrons. The molecule has 2 N–H and O–H groups in total. The van der Waals surface area contributed by atoms with Crippen LogP contribution in [0.5, 0.6) is 0 Å².